The molecule has 1 aromatic heterocycles. The lowest BCUT2D eigenvalue weighted by atomic mass is 9.97. The van der Waals surface area contributed by atoms with E-state index in [2.05, 4.69) is 65.3 Å². The first-order valence-electron chi connectivity index (χ1n) is 8.50. The Kier molecular flexibility index (Phi) is 3.88. The van der Waals surface area contributed by atoms with Crippen molar-refractivity contribution in [3.8, 4) is 0 Å². The number of nitrogens with one attached hydrogen (secondary N) is 1. The third kappa shape index (κ3) is 3.15. The molecule has 3 aromatic rings. The lowest BCUT2D eigenvalue weighted by Crippen LogP contribution is -2.34. The Labute approximate surface area is 137 Å². The molecule has 23 heavy (non-hydrogen) atoms. The van der Waals surface area contributed by atoms with Crippen molar-refractivity contribution in [3.63, 3.8) is 0 Å². The molecular formula is C20H23N3. The van der Waals surface area contributed by atoms with Crippen LogP contribution in [0.3, 0.4) is 0 Å². The first-order valence-corrected chi connectivity index (χ1v) is 8.50. The van der Waals surface area contributed by atoms with Crippen LogP contribution in [0.2, 0.25) is 0 Å². The molecule has 2 aromatic carbocycles. The molecule has 3 nitrogen and oxygen atoms in total. The number of hydrogen-bond acceptors (Lipinski definition) is 2. The smallest absolute Gasteiger partial charge is 0.111 e. The third-order valence-electron chi connectivity index (χ3n) is 4.79. The summed E-state index contributed by atoms with van der Waals surface area (Å²) in [6.07, 6.45) is 2.47. The molecule has 0 amide bonds. The van der Waals surface area contributed by atoms with Crippen molar-refractivity contribution in [2.75, 3.05) is 13.1 Å². The summed E-state index contributed by atoms with van der Waals surface area (Å²) >= 11 is 0. The van der Waals surface area contributed by atoms with Crippen LogP contribution in [0.4, 0.5) is 0 Å². The number of aromatic amines is 1. The molecule has 118 valence electrons. The van der Waals surface area contributed by atoms with Crippen LogP contribution in [0.15, 0.2) is 48.5 Å². The molecule has 0 aliphatic carbocycles. The number of piperidine rings is 1. The first kappa shape index (κ1) is 14.5. The number of aryl methyl sites for hydroxylation is 1. The zero-order valence-electron chi connectivity index (χ0n) is 13.6. The number of fused-ring (bicyclic) bond motifs is 1. The van der Waals surface area contributed by atoms with E-state index in [1.807, 2.05) is 0 Å². The second-order valence-electron chi connectivity index (χ2n) is 6.70. The largest absolute Gasteiger partial charge is 0.342 e. The molecule has 3 heteroatoms. The van der Waals surface area contributed by atoms with Crippen molar-refractivity contribution in [2.24, 2.45) is 0 Å². The third-order valence-corrected chi connectivity index (χ3v) is 4.79. The van der Waals surface area contributed by atoms with Crippen LogP contribution in [0.25, 0.3) is 11.0 Å². The number of nitrogens with zero attached hydrogens (tertiary/aromatic N) is 2. The number of para-hydroxylation sites is 2. The Morgan fingerprint density at radius 3 is 2.96 bits per heavy atom. The average molecular weight is 305 g/mol. The van der Waals surface area contributed by atoms with Gasteiger partial charge in [0.15, 0.2) is 0 Å². The maximum Gasteiger partial charge on any atom is 0.111 e. The minimum Gasteiger partial charge on any atom is -0.342 e. The quantitative estimate of drug-likeness (QED) is 0.784. The maximum atomic E-state index is 4.81. The van der Waals surface area contributed by atoms with Gasteiger partial charge in [-0.15, -0.1) is 0 Å². The van der Waals surface area contributed by atoms with E-state index in [0.29, 0.717) is 5.92 Å². The molecule has 4 rings (SSSR count). The van der Waals surface area contributed by atoms with Gasteiger partial charge in [0.25, 0.3) is 0 Å². The topological polar surface area (TPSA) is 31.9 Å². The normalized spacial score (nSPS) is 19.3. The molecule has 0 radical (unpaired) electrons. The summed E-state index contributed by atoms with van der Waals surface area (Å²) in [5.74, 6) is 1.67. The van der Waals surface area contributed by atoms with Gasteiger partial charge in [0.1, 0.15) is 5.82 Å². The number of benzene rings is 2. The van der Waals surface area contributed by atoms with Crippen LogP contribution in [0.5, 0.6) is 0 Å². The molecule has 0 unspecified atom stereocenters. The minimum absolute atomic E-state index is 0.515. The highest BCUT2D eigenvalue weighted by atomic mass is 15.1. The molecular weight excluding hydrogens is 282 g/mol. The summed E-state index contributed by atoms with van der Waals surface area (Å²) in [4.78, 5) is 10.9. The van der Waals surface area contributed by atoms with E-state index in [1.54, 1.807) is 0 Å². The van der Waals surface area contributed by atoms with Crippen molar-refractivity contribution in [1.82, 2.24) is 14.9 Å². The van der Waals surface area contributed by atoms with Gasteiger partial charge in [-0.1, -0.05) is 42.0 Å². The fourth-order valence-electron chi connectivity index (χ4n) is 3.66. The van der Waals surface area contributed by atoms with Crippen LogP contribution in [0, 0.1) is 6.92 Å². The van der Waals surface area contributed by atoms with E-state index >= 15 is 0 Å². The molecule has 1 atom stereocenters. The fourth-order valence-corrected chi connectivity index (χ4v) is 3.66. The Balaban J connectivity index is 1.50. The van der Waals surface area contributed by atoms with Gasteiger partial charge in [-0.25, -0.2) is 4.98 Å². The molecule has 0 saturated carbocycles. The van der Waals surface area contributed by atoms with Crippen LogP contribution in [-0.2, 0) is 6.54 Å². The van der Waals surface area contributed by atoms with E-state index in [0.717, 1.165) is 29.9 Å². The van der Waals surface area contributed by atoms with Gasteiger partial charge in [0, 0.05) is 19.0 Å². The van der Waals surface area contributed by atoms with Crippen molar-refractivity contribution in [1.29, 1.82) is 0 Å². The lowest BCUT2D eigenvalue weighted by Gasteiger charge is -2.31. The van der Waals surface area contributed by atoms with Gasteiger partial charge in [-0.05, 0) is 44.0 Å². The van der Waals surface area contributed by atoms with E-state index in [9.17, 15) is 0 Å². The Bertz CT molecular complexity index is 772. The molecule has 2 heterocycles. The predicted molar refractivity (Wildman–Crippen MR) is 94.5 cm³/mol. The zero-order chi connectivity index (χ0) is 15.6. The van der Waals surface area contributed by atoms with Crippen molar-refractivity contribution in [3.05, 3.63) is 65.5 Å². The summed E-state index contributed by atoms with van der Waals surface area (Å²) in [6, 6.07) is 17.2. The van der Waals surface area contributed by atoms with Crippen LogP contribution in [0.1, 0.15) is 35.7 Å². The van der Waals surface area contributed by atoms with Crippen LogP contribution >= 0.6 is 0 Å². The molecule has 1 N–H and O–H groups in total. The number of aromatic nitrogens is 2. The fraction of sp³-hybridized carbons (Fsp3) is 0.350. The zero-order valence-corrected chi connectivity index (χ0v) is 13.6. The highest BCUT2D eigenvalue weighted by molar-refractivity contribution is 5.74. The Morgan fingerprint density at radius 1 is 1.17 bits per heavy atom. The van der Waals surface area contributed by atoms with Crippen LogP contribution < -0.4 is 0 Å². The lowest BCUT2D eigenvalue weighted by molar-refractivity contribution is 0.197. The van der Waals surface area contributed by atoms with Crippen LogP contribution in [-0.4, -0.2) is 28.0 Å². The Hall–Kier alpha value is -2.13. The highest BCUT2D eigenvalue weighted by Gasteiger charge is 2.23. The number of rotatable bonds is 3. The summed E-state index contributed by atoms with van der Waals surface area (Å²) < 4.78 is 0. The predicted octanol–water partition coefficient (Wildman–Crippen LogP) is 4.25. The van der Waals surface area contributed by atoms with E-state index in [4.69, 9.17) is 4.98 Å². The van der Waals surface area contributed by atoms with Gasteiger partial charge in [-0.2, -0.15) is 0 Å². The standard InChI is InChI=1S/C20H23N3/c1-15-6-4-7-16(12-15)13-23-11-5-8-17(14-23)20-21-18-9-2-3-10-19(18)22-20/h2-4,6-7,9-10,12,17H,5,8,11,13-14H2,1H3,(H,21,22)/t17-/m0/s1. The summed E-state index contributed by atoms with van der Waals surface area (Å²) in [5, 5.41) is 0. The number of likely N-dealkylation sites (tertiary alicyclic amines) is 1. The first-order chi connectivity index (χ1) is 11.3. The highest BCUT2D eigenvalue weighted by Crippen LogP contribution is 2.27. The van der Waals surface area contributed by atoms with Gasteiger partial charge in [0.05, 0.1) is 11.0 Å². The van der Waals surface area contributed by atoms with E-state index in [1.165, 1.54) is 30.5 Å². The average Bonchev–Trinajstić information content (AvgIpc) is 2.99. The summed E-state index contributed by atoms with van der Waals surface area (Å²) in [6.45, 7) is 5.48. The molecule has 1 aliphatic rings. The summed E-state index contributed by atoms with van der Waals surface area (Å²) in [7, 11) is 0. The minimum atomic E-state index is 0.515. The van der Waals surface area contributed by atoms with Gasteiger partial charge < -0.3 is 4.98 Å². The maximum absolute atomic E-state index is 4.81. The number of hydrogen-bond donors (Lipinski definition) is 1. The number of H-pyrrole nitrogens is 1. The van der Waals surface area contributed by atoms with Crippen molar-refractivity contribution >= 4 is 11.0 Å². The second-order valence-corrected chi connectivity index (χ2v) is 6.70. The van der Waals surface area contributed by atoms with Gasteiger partial charge in [0.2, 0.25) is 0 Å². The molecule has 1 fully saturated rings. The SMILES string of the molecule is Cc1cccc(CN2CCC[C@H](c3nc4ccccc4[nH]3)C2)c1. The van der Waals surface area contributed by atoms with Crippen molar-refractivity contribution < 1.29 is 0 Å². The summed E-state index contributed by atoms with van der Waals surface area (Å²) in [5.41, 5.74) is 4.99. The molecule has 0 bridgehead atoms. The number of imidazole rings is 1. The molecule has 1 saturated heterocycles. The molecule has 0 spiro atoms. The van der Waals surface area contributed by atoms with Gasteiger partial charge >= 0.3 is 0 Å². The second kappa shape index (κ2) is 6.17. The van der Waals surface area contributed by atoms with E-state index in [-0.39, 0.29) is 0 Å². The Morgan fingerprint density at radius 2 is 2.09 bits per heavy atom. The van der Waals surface area contributed by atoms with E-state index < -0.39 is 0 Å². The van der Waals surface area contributed by atoms with Gasteiger partial charge in [-0.3, -0.25) is 4.90 Å². The molecule has 1 aliphatic heterocycles. The monoisotopic (exact) mass is 305 g/mol. The van der Waals surface area contributed by atoms with Crippen molar-refractivity contribution in [2.45, 2.75) is 32.2 Å².